The summed E-state index contributed by atoms with van der Waals surface area (Å²) >= 11 is 0. The van der Waals surface area contributed by atoms with E-state index in [1.807, 2.05) is 0 Å². The number of benzene rings is 1. The molecule has 1 saturated heterocycles. The van der Waals surface area contributed by atoms with Crippen molar-refractivity contribution < 1.29 is 9.18 Å². The van der Waals surface area contributed by atoms with E-state index in [0.29, 0.717) is 24.1 Å². The molecule has 4 rings (SSSR count). The molecule has 0 radical (unpaired) electrons. The topological polar surface area (TPSA) is 77.2 Å². The number of pyridine rings is 1. The molecule has 7 nitrogen and oxygen atoms in total. The highest BCUT2D eigenvalue weighted by Crippen LogP contribution is 2.27. The van der Waals surface area contributed by atoms with Crippen LogP contribution in [0.15, 0.2) is 46.0 Å². The van der Waals surface area contributed by atoms with E-state index in [2.05, 4.69) is 4.98 Å². The summed E-state index contributed by atoms with van der Waals surface area (Å²) < 4.78 is 15.5. The van der Waals surface area contributed by atoms with Gasteiger partial charge in [0.2, 0.25) is 5.91 Å². The number of amides is 1. The lowest BCUT2D eigenvalue weighted by Gasteiger charge is -2.17. The SMILES string of the molecule is Cn1c(=O)c2ccc([C@@H]3CCN(C(=O)Cc4ccc(F)cc4)C3)nc2n(C)c1=O. The van der Waals surface area contributed by atoms with Crippen LogP contribution in [-0.2, 0) is 25.3 Å². The Morgan fingerprint density at radius 2 is 1.83 bits per heavy atom. The van der Waals surface area contributed by atoms with Gasteiger partial charge in [-0.2, -0.15) is 0 Å². The Morgan fingerprint density at radius 1 is 1.10 bits per heavy atom. The molecule has 2 aromatic heterocycles. The van der Waals surface area contributed by atoms with E-state index in [0.717, 1.165) is 22.2 Å². The van der Waals surface area contributed by atoms with Gasteiger partial charge in [0.25, 0.3) is 5.56 Å². The summed E-state index contributed by atoms with van der Waals surface area (Å²) in [6.45, 7) is 1.14. The van der Waals surface area contributed by atoms with Gasteiger partial charge in [0, 0.05) is 38.8 Å². The number of halogens is 1. The molecule has 0 spiro atoms. The van der Waals surface area contributed by atoms with Crippen molar-refractivity contribution in [2.45, 2.75) is 18.8 Å². The summed E-state index contributed by atoms with van der Waals surface area (Å²) in [6.07, 6.45) is 0.981. The van der Waals surface area contributed by atoms with Crippen LogP contribution in [0.5, 0.6) is 0 Å². The third-order valence-electron chi connectivity index (χ3n) is 5.55. The second-order valence-electron chi connectivity index (χ2n) is 7.44. The third-order valence-corrected chi connectivity index (χ3v) is 5.55. The van der Waals surface area contributed by atoms with Crippen molar-refractivity contribution >= 4 is 16.9 Å². The Balaban J connectivity index is 1.55. The molecule has 1 aromatic carbocycles. The fraction of sp³-hybridized carbons (Fsp3) is 0.333. The molecule has 29 heavy (non-hydrogen) atoms. The van der Waals surface area contributed by atoms with E-state index in [4.69, 9.17) is 0 Å². The molecule has 8 heteroatoms. The van der Waals surface area contributed by atoms with Crippen LogP contribution in [0.3, 0.4) is 0 Å². The zero-order chi connectivity index (χ0) is 20.7. The smallest absolute Gasteiger partial charge is 0.332 e. The highest BCUT2D eigenvalue weighted by Gasteiger charge is 2.28. The van der Waals surface area contributed by atoms with E-state index in [1.165, 1.54) is 23.7 Å². The number of carbonyl (C=O) groups excluding carboxylic acids is 1. The fourth-order valence-corrected chi connectivity index (χ4v) is 3.81. The van der Waals surface area contributed by atoms with Crippen molar-refractivity contribution in [3.05, 3.63) is 74.3 Å². The number of fused-ring (bicyclic) bond motifs is 1. The van der Waals surface area contributed by atoms with Gasteiger partial charge in [0.15, 0.2) is 0 Å². The molecule has 0 N–H and O–H groups in total. The van der Waals surface area contributed by atoms with Crippen LogP contribution >= 0.6 is 0 Å². The van der Waals surface area contributed by atoms with Crippen molar-refractivity contribution in [1.82, 2.24) is 19.0 Å². The number of hydrogen-bond acceptors (Lipinski definition) is 4. The van der Waals surface area contributed by atoms with E-state index < -0.39 is 5.69 Å². The van der Waals surface area contributed by atoms with Crippen molar-refractivity contribution in [3.63, 3.8) is 0 Å². The second-order valence-corrected chi connectivity index (χ2v) is 7.44. The monoisotopic (exact) mass is 396 g/mol. The zero-order valence-electron chi connectivity index (χ0n) is 16.3. The molecule has 0 saturated carbocycles. The van der Waals surface area contributed by atoms with Crippen molar-refractivity contribution in [2.75, 3.05) is 13.1 Å². The van der Waals surface area contributed by atoms with Gasteiger partial charge in [-0.15, -0.1) is 0 Å². The van der Waals surface area contributed by atoms with Gasteiger partial charge in [0.1, 0.15) is 11.5 Å². The van der Waals surface area contributed by atoms with E-state index >= 15 is 0 Å². The summed E-state index contributed by atoms with van der Waals surface area (Å²) in [5.74, 6) is -0.300. The predicted molar refractivity (Wildman–Crippen MR) is 106 cm³/mol. The van der Waals surface area contributed by atoms with Crippen LogP contribution in [0.25, 0.3) is 11.0 Å². The molecule has 1 aliphatic heterocycles. The summed E-state index contributed by atoms with van der Waals surface area (Å²) in [6, 6.07) is 9.43. The van der Waals surface area contributed by atoms with Crippen molar-refractivity contribution in [2.24, 2.45) is 14.1 Å². The van der Waals surface area contributed by atoms with Crippen molar-refractivity contribution in [1.29, 1.82) is 0 Å². The van der Waals surface area contributed by atoms with Gasteiger partial charge in [0.05, 0.1) is 11.8 Å². The second kappa shape index (κ2) is 7.27. The van der Waals surface area contributed by atoms with E-state index in [9.17, 15) is 18.8 Å². The molecular weight excluding hydrogens is 375 g/mol. The first-order valence-corrected chi connectivity index (χ1v) is 9.44. The molecule has 150 valence electrons. The van der Waals surface area contributed by atoms with Gasteiger partial charge < -0.3 is 4.90 Å². The zero-order valence-corrected chi connectivity index (χ0v) is 16.3. The number of hydrogen-bond donors (Lipinski definition) is 0. The number of carbonyl (C=O) groups is 1. The maximum Gasteiger partial charge on any atom is 0.332 e. The Morgan fingerprint density at radius 3 is 2.55 bits per heavy atom. The highest BCUT2D eigenvalue weighted by molar-refractivity contribution is 5.79. The van der Waals surface area contributed by atoms with Gasteiger partial charge in [-0.3, -0.25) is 18.7 Å². The Bertz CT molecular complexity index is 1210. The lowest BCUT2D eigenvalue weighted by molar-refractivity contribution is -0.129. The first-order chi connectivity index (χ1) is 13.8. The van der Waals surface area contributed by atoms with E-state index in [1.54, 1.807) is 36.2 Å². The summed E-state index contributed by atoms with van der Waals surface area (Å²) in [5, 5.41) is 0.389. The predicted octanol–water partition coefficient (Wildman–Crippen LogP) is 1.33. The Labute approximate surface area is 166 Å². The Hall–Kier alpha value is -3.29. The molecule has 3 heterocycles. The molecule has 1 atom stereocenters. The maximum atomic E-state index is 13.0. The molecule has 1 amide bonds. The maximum absolute atomic E-state index is 13.0. The van der Waals surface area contributed by atoms with Gasteiger partial charge in [-0.05, 0) is 36.2 Å². The summed E-state index contributed by atoms with van der Waals surface area (Å²) in [7, 11) is 3.04. The lowest BCUT2D eigenvalue weighted by Crippen LogP contribution is -2.37. The number of likely N-dealkylation sites (tertiary alicyclic amines) is 1. The lowest BCUT2D eigenvalue weighted by atomic mass is 10.0. The highest BCUT2D eigenvalue weighted by atomic mass is 19.1. The first kappa shape index (κ1) is 19.0. The van der Waals surface area contributed by atoms with Crippen LogP contribution in [0.4, 0.5) is 4.39 Å². The minimum absolute atomic E-state index is 0.0128. The number of nitrogens with zero attached hydrogens (tertiary/aromatic N) is 4. The molecule has 3 aromatic rings. The third kappa shape index (κ3) is 3.46. The number of aryl methyl sites for hydroxylation is 1. The van der Waals surface area contributed by atoms with Crippen LogP contribution in [0, 0.1) is 5.82 Å². The molecule has 0 aliphatic carbocycles. The first-order valence-electron chi connectivity index (χ1n) is 9.44. The summed E-state index contributed by atoms with van der Waals surface area (Å²) in [4.78, 5) is 43.4. The minimum Gasteiger partial charge on any atom is -0.342 e. The molecule has 1 fully saturated rings. The van der Waals surface area contributed by atoms with Gasteiger partial charge in [-0.1, -0.05) is 12.1 Å². The van der Waals surface area contributed by atoms with E-state index in [-0.39, 0.29) is 29.6 Å². The normalized spacial score (nSPS) is 16.5. The standard InChI is InChI=1S/C21H21FN4O3/c1-24-19-16(20(28)25(2)21(24)29)7-8-17(23-19)14-9-10-26(12-14)18(27)11-13-3-5-15(22)6-4-13/h3-8,14H,9-12H2,1-2H3/t14-/m1/s1. The quantitative estimate of drug-likeness (QED) is 0.669. The largest absolute Gasteiger partial charge is 0.342 e. The van der Waals surface area contributed by atoms with Crippen LogP contribution in [0.2, 0.25) is 0 Å². The number of aromatic nitrogens is 3. The average molecular weight is 396 g/mol. The fourth-order valence-electron chi connectivity index (χ4n) is 3.81. The molecule has 1 aliphatic rings. The minimum atomic E-state index is -0.422. The molecule has 0 bridgehead atoms. The van der Waals surface area contributed by atoms with Gasteiger partial charge >= 0.3 is 5.69 Å². The average Bonchev–Trinajstić information content (AvgIpc) is 3.22. The summed E-state index contributed by atoms with van der Waals surface area (Å²) in [5.41, 5.74) is 1.10. The van der Waals surface area contributed by atoms with Crippen LogP contribution < -0.4 is 11.2 Å². The van der Waals surface area contributed by atoms with Crippen LogP contribution in [-0.4, -0.2) is 38.0 Å². The Kier molecular flexibility index (Phi) is 4.77. The molecular formula is C21H21FN4O3. The van der Waals surface area contributed by atoms with Gasteiger partial charge in [-0.25, -0.2) is 14.2 Å². The van der Waals surface area contributed by atoms with Crippen molar-refractivity contribution in [3.8, 4) is 0 Å². The van der Waals surface area contributed by atoms with Crippen LogP contribution in [0.1, 0.15) is 23.6 Å². The molecule has 0 unspecified atom stereocenters. The number of rotatable bonds is 3.